The Hall–Kier alpha value is -2.81. The highest BCUT2D eigenvalue weighted by Crippen LogP contribution is 2.33. The SMILES string of the molecule is O=C(NCCCn1ncccc1=O)C1CN(c2nc3ccc(F)cc3s2)C1. The van der Waals surface area contributed by atoms with Crippen molar-refractivity contribution >= 4 is 32.6 Å². The maximum absolute atomic E-state index is 13.3. The number of hydrogen-bond donors (Lipinski definition) is 1. The summed E-state index contributed by atoms with van der Waals surface area (Å²) in [6, 6.07) is 7.61. The summed E-state index contributed by atoms with van der Waals surface area (Å²) in [5.41, 5.74) is 0.628. The number of benzene rings is 1. The Morgan fingerprint density at radius 2 is 2.19 bits per heavy atom. The van der Waals surface area contributed by atoms with E-state index in [9.17, 15) is 14.0 Å². The van der Waals surface area contributed by atoms with Crippen molar-refractivity contribution in [2.24, 2.45) is 5.92 Å². The van der Waals surface area contributed by atoms with Gasteiger partial charge in [-0.25, -0.2) is 14.1 Å². The predicted octanol–water partition coefficient (Wildman–Crippen LogP) is 1.63. The molecule has 0 atom stereocenters. The zero-order chi connectivity index (χ0) is 18.8. The van der Waals surface area contributed by atoms with Crippen molar-refractivity contribution in [2.75, 3.05) is 24.5 Å². The number of nitrogens with zero attached hydrogens (tertiary/aromatic N) is 4. The summed E-state index contributed by atoms with van der Waals surface area (Å²) in [6.07, 6.45) is 2.21. The normalized spacial score (nSPS) is 14.3. The summed E-state index contributed by atoms with van der Waals surface area (Å²) in [6.45, 7) is 2.18. The molecule has 0 aliphatic carbocycles. The molecule has 4 rings (SSSR count). The molecule has 3 aromatic rings. The number of anilines is 1. The molecule has 3 heterocycles. The van der Waals surface area contributed by atoms with Crippen LogP contribution in [0.2, 0.25) is 0 Å². The van der Waals surface area contributed by atoms with E-state index < -0.39 is 0 Å². The number of aryl methyl sites for hydroxylation is 1. The number of carbonyl (C=O) groups is 1. The van der Waals surface area contributed by atoms with E-state index in [0.717, 1.165) is 15.3 Å². The van der Waals surface area contributed by atoms with Gasteiger partial charge in [0.25, 0.3) is 5.56 Å². The molecule has 0 bridgehead atoms. The van der Waals surface area contributed by atoms with Crippen LogP contribution in [-0.2, 0) is 11.3 Å². The van der Waals surface area contributed by atoms with E-state index in [-0.39, 0.29) is 23.2 Å². The molecule has 0 saturated carbocycles. The van der Waals surface area contributed by atoms with Crippen molar-refractivity contribution in [3.05, 3.63) is 52.7 Å². The van der Waals surface area contributed by atoms with Gasteiger partial charge < -0.3 is 10.2 Å². The van der Waals surface area contributed by atoms with Gasteiger partial charge in [-0.05, 0) is 30.7 Å². The molecular weight excluding hydrogens is 369 g/mol. The van der Waals surface area contributed by atoms with E-state index in [0.29, 0.717) is 32.6 Å². The van der Waals surface area contributed by atoms with Gasteiger partial charge in [0, 0.05) is 38.4 Å². The monoisotopic (exact) mass is 387 g/mol. The van der Waals surface area contributed by atoms with Gasteiger partial charge in [0.05, 0.1) is 16.1 Å². The van der Waals surface area contributed by atoms with Gasteiger partial charge in [-0.15, -0.1) is 0 Å². The van der Waals surface area contributed by atoms with Crippen LogP contribution >= 0.6 is 11.3 Å². The minimum atomic E-state index is -0.272. The number of halogens is 1. The Morgan fingerprint density at radius 3 is 3.00 bits per heavy atom. The molecule has 0 spiro atoms. The van der Waals surface area contributed by atoms with Crippen molar-refractivity contribution in [2.45, 2.75) is 13.0 Å². The number of amides is 1. The van der Waals surface area contributed by atoms with Crippen molar-refractivity contribution in [3.63, 3.8) is 0 Å². The first-order valence-electron chi connectivity index (χ1n) is 8.71. The fourth-order valence-electron chi connectivity index (χ4n) is 2.96. The molecule has 1 saturated heterocycles. The van der Waals surface area contributed by atoms with Gasteiger partial charge in [-0.1, -0.05) is 11.3 Å². The van der Waals surface area contributed by atoms with Gasteiger partial charge in [-0.3, -0.25) is 9.59 Å². The second-order valence-corrected chi connectivity index (χ2v) is 7.45. The van der Waals surface area contributed by atoms with Crippen LogP contribution in [0.15, 0.2) is 41.3 Å². The van der Waals surface area contributed by atoms with Crippen molar-refractivity contribution in [1.82, 2.24) is 20.1 Å². The molecule has 0 unspecified atom stereocenters. The average Bonchev–Trinajstić information content (AvgIpc) is 3.01. The van der Waals surface area contributed by atoms with Gasteiger partial charge >= 0.3 is 0 Å². The molecule has 27 heavy (non-hydrogen) atoms. The summed E-state index contributed by atoms with van der Waals surface area (Å²) < 4.78 is 15.5. The molecule has 2 aromatic heterocycles. The highest BCUT2D eigenvalue weighted by atomic mass is 32.1. The number of aromatic nitrogens is 3. The van der Waals surface area contributed by atoms with Crippen molar-refractivity contribution < 1.29 is 9.18 Å². The van der Waals surface area contributed by atoms with Crippen LogP contribution in [0.4, 0.5) is 9.52 Å². The van der Waals surface area contributed by atoms with Crippen LogP contribution in [0.3, 0.4) is 0 Å². The maximum Gasteiger partial charge on any atom is 0.266 e. The topological polar surface area (TPSA) is 80.1 Å². The number of hydrogen-bond acceptors (Lipinski definition) is 6. The van der Waals surface area contributed by atoms with Crippen LogP contribution in [0.25, 0.3) is 10.2 Å². The fourth-order valence-corrected chi connectivity index (χ4v) is 3.97. The lowest BCUT2D eigenvalue weighted by Crippen LogP contribution is -2.53. The first-order valence-corrected chi connectivity index (χ1v) is 9.53. The molecular formula is C18H18FN5O2S. The molecule has 1 aliphatic heterocycles. The third-order valence-electron chi connectivity index (χ3n) is 4.49. The summed E-state index contributed by atoms with van der Waals surface area (Å²) in [5.74, 6) is -0.343. The predicted molar refractivity (Wildman–Crippen MR) is 101 cm³/mol. The largest absolute Gasteiger partial charge is 0.356 e. The molecule has 9 heteroatoms. The molecule has 0 radical (unpaired) electrons. The highest BCUT2D eigenvalue weighted by molar-refractivity contribution is 7.22. The van der Waals surface area contributed by atoms with Gasteiger partial charge in [0.1, 0.15) is 5.82 Å². The lowest BCUT2D eigenvalue weighted by Gasteiger charge is -2.37. The van der Waals surface area contributed by atoms with Gasteiger partial charge in [-0.2, -0.15) is 5.10 Å². The summed E-state index contributed by atoms with van der Waals surface area (Å²) in [7, 11) is 0. The molecule has 140 valence electrons. The molecule has 1 amide bonds. The first-order chi connectivity index (χ1) is 13.1. The fraction of sp³-hybridized carbons (Fsp3) is 0.333. The number of nitrogens with one attached hydrogen (secondary N) is 1. The standard InChI is InChI=1S/C18H18FN5O2S/c19-13-4-5-14-15(9-13)27-18(22-14)23-10-12(11-23)17(26)20-6-2-8-24-16(25)3-1-7-21-24/h1,3-5,7,9,12H,2,6,8,10-11H2,(H,20,26). The van der Waals surface area contributed by atoms with Crippen LogP contribution in [0.5, 0.6) is 0 Å². The molecule has 1 aliphatic rings. The lowest BCUT2D eigenvalue weighted by molar-refractivity contribution is -0.125. The van der Waals surface area contributed by atoms with Gasteiger partial charge in [0.15, 0.2) is 5.13 Å². The van der Waals surface area contributed by atoms with Crippen LogP contribution in [0.1, 0.15) is 6.42 Å². The quantitative estimate of drug-likeness (QED) is 0.651. The second kappa shape index (κ2) is 7.43. The number of rotatable bonds is 6. The molecule has 1 N–H and O–H groups in total. The van der Waals surface area contributed by atoms with E-state index in [4.69, 9.17) is 0 Å². The summed E-state index contributed by atoms with van der Waals surface area (Å²) >= 11 is 1.43. The smallest absolute Gasteiger partial charge is 0.266 e. The molecule has 1 fully saturated rings. The van der Waals surface area contributed by atoms with Gasteiger partial charge in [0.2, 0.25) is 5.91 Å². The Balaban J connectivity index is 1.23. The summed E-state index contributed by atoms with van der Waals surface area (Å²) in [5, 5.41) is 7.70. The Kier molecular flexibility index (Phi) is 4.85. The molecule has 7 nitrogen and oxygen atoms in total. The van der Waals surface area contributed by atoms with Crippen molar-refractivity contribution in [1.29, 1.82) is 0 Å². The Morgan fingerprint density at radius 1 is 1.33 bits per heavy atom. The average molecular weight is 387 g/mol. The zero-order valence-electron chi connectivity index (χ0n) is 14.5. The number of thiazole rings is 1. The van der Waals surface area contributed by atoms with E-state index in [1.54, 1.807) is 18.3 Å². The zero-order valence-corrected chi connectivity index (χ0v) is 15.3. The van der Waals surface area contributed by atoms with E-state index in [1.165, 1.54) is 34.2 Å². The number of fused-ring (bicyclic) bond motifs is 1. The van der Waals surface area contributed by atoms with Crippen LogP contribution in [-0.4, -0.2) is 40.3 Å². The van der Waals surface area contributed by atoms with E-state index in [2.05, 4.69) is 15.4 Å². The Labute approximate surface area is 158 Å². The Bertz CT molecular complexity index is 1030. The second-order valence-electron chi connectivity index (χ2n) is 6.44. The minimum absolute atomic E-state index is 0.00627. The number of carbonyl (C=O) groups excluding carboxylic acids is 1. The third kappa shape index (κ3) is 3.82. The van der Waals surface area contributed by atoms with E-state index in [1.807, 2.05) is 4.90 Å². The highest BCUT2D eigenvalue weighted by Gasteiger charge is 2.34. The van der Waals surface area contributed by atoms with Crippen LogP contribution < -0.4 is 15.8 Å². The summed E-state index contributed by atoms with van der Waals surface area (Å²) in [4.78, 5) is 30.3. The third-order valence-corrected chi connectivity index (χ3v) is 5.57. The maximum atomic E-state index is 13.3. The van der Waals surface area contributed by atoms with Crippen molar-refractivity contribution in [3.8, 4) is 0 Å². The first kappa shape index (κ1) is 17.6. The lowest BCUT2D eigenvalue weighted by atomic mass is 10.00. The minimum Gasteiger partial charge on any atom is -0.356 e. The molecule has 1 aromatic carbocycles. The van der Waals surface area contributed by atoms with E-state index >= 15 is 0 Å². The van der Waals surface area contributed by atoms with Crippen LogP contribution in [0, 0.1) is 11.7 Å².